The maximum atomic E-state index is 11.0. The van der Waals surface area contributed by atoms with E-state index in [-0.39, 0.29) is 46.3 Å². The van der Waals surface area contributed by atoms with E-state index in [1.54, 1.807) is 0 Å². The van der Waals surface area contributed by atoms with E-state index in [0.717, 1.165) is 12.2 Å². The SMILES string of the molecule is CCN(CCNc1nc(N)nc(N)n1)c1ccc(N=Nc2ccc(S(=O)(=O)[O-])cc2)cc1.[Na+]. The molecule has 0 fully saturated rings. The molecule has 12 nitrogen and oxygen atoms in total. The fourth-order valence-corrected chi connectivity index (χ4v) is 3.26. The first-order valence-corrected chi connectivity index (χ1v) is 11.0. The number of nitrogens with one attached hydrogen (secondary N) is 1. The molecule has 3 rings (SSSR count). The second-order valence-electron chi connectivity index (χ2n) is 6.55. The monoisotopic (exact) mass is 479 g/mol. The van der Waals surface area contributed by atoms with Crippen molar-refractivity contribution in [2.24, 2.45) is 10.2 Å². The molecule has 0 bridgehead atoms. The van der Waals surface area contributed by atoms with E-state index in [4.69, 9.17) is 11.5 Å². The van der Waals surface area contributed by atoms with Gasteiger partial charge in [-0.3, -0.25) is 0 Å². The van der Waals surface area contributed by atoms with Crippen molar-refractivity contribution in [2.75, 3.05) is 41.3 Å². The molecule has 0 amide bonds. The molecule has 0 aliphatic carbocycles. The molecule has 0 saturated heterocycles. The molecule has 0 unspecified atom stereocenters. The van der Waals surface area contributed by atoms with Crippen molar-refractivity contribution in [1.82, 2.24) is 15.0 Å². The Morgan fingerprint density at radius 3 is 1.94 bits per heavy atom. The van der Waals surface area contributed by atoms with Crippen LogP contribution < -0.4 is 51.2 Å². The van der Waals surface area contributed by atoms with E-state index >= 15 is 0 Å². The smallest absolute Gasteiger partial charge is 0.744 e. The molecular weight excluding hydrogens is 457 g/mol. The normalized spacial score (nSPS) is 11.2. The molecule has 0 atom stereocenters. The Kier molecular flexibility index (Phi) is 9.49. The van der Waals surface area contributed by atoms with Crippen LogP contribution in [0.25, 0.3) is 0 Å². The number of nitrogen functional groups attached to an aromatic ring is 2. The van der Waals surface area contributed by atoms with Gasteiger partial charge < -0.3 is 26.2 Å². The minimum Gasteiger partial charge on any atom is -0.744 e. The average molecular weight is 480 g/mol. The van der Waals surface area contributed by atoms with Crippen molar-refractivity contribution in [3.8, 4) is 0 Å². The van der Waals surface area contributed by atoms with Crippen LogP contribution in [0.4, 0.5) is 34.9 Å². The van der Waals surface area contributed by atoms with E-state index in [1.807, 2.05) is 31.2 Å². The minimum atomic E-state index is -4.48. The standard InChI is InChI=1S/C19H23N9O3S.Na/c1-2-28(12-11-22-19-24-17(20)23-18(21)25-19)15-7-3-13(4-8-15)26-27-14-5-9-16(10-6-14)32(29,30)31;/h3-10H,2,11-12H2,1H3,(H,29,30,31)(H5,20,21,22,23,24,25);/q;+1/p-1. The third kappa shape index (κ3) is 7.91. The first-order valence-electron chi connectivity index (χ1n) is 9.58. The van der Waals surface area contributed by atoms with Gasteiger partial charge in [0.05, 0.1) is 16.3 Å². The Balaban J connectivity index is 0.00000385. The second-order valence-corrected chi connectivity index (χ2v) is 7.93. The van der Waals surface area contributed by atoms with Crippen LogP contribution in [0.15, 0.2) is 63.7 Å². The van der Waals surface area contributed by atoms with Crippen LogP contribution in [-0.2, 0) is 10.1 Å². The number of benzene rings is 2. The Bertz CT molecular complexity index is 1170. The van der Waals surface area contributed by atoms with Crippen molar-refractivity contribution in [3.05, 3.63) is 48.5 Å². The molecule has 0 saturated carbocycles. The third-order valence-corrected chi connectivity index (χ3v) is 5.19. The van der Waals surface area contributed by atoms with Crippen molar-refractivity contribution in [1.29, 1.82) is 0 Å². The summed E-state index contributed by atoms with van der Waals surface area (Å²) in [6.45, 7) is 4.06. The predicted molar refractivity (Wildman–Crippen MR) is 120 cm³/mol. The van der Waals surface area contributed by atoms with Crippen molar-refractivity contribution < 1.29 is 42.5 Å². The first-order chi connectivity index (χ1) is 15.2. The quantitative estimate of drug-likeness (QED) is 0.201. The van der Waals surface area contributed by atoms with Gasteiger partial charge in [-0.15, -0.1) is 0 Å². The van der Waals surface area contributed by atoms with Gasteiger partial charge in [0.1, 0.15) is 10.1 Å². The molecule has 0 spiro atoms. The van der Waals surface area contributed by atoms with Crippen LogP contribution in [0.5, 0.6) is 0 Å². The number of anilines is 4. The number of aromatic nitrogens is 3. The predicted octanol–water partition coefficient (Wildman–Crippen LogP) is -0.702. The van der Waals surface area contributed by atoms with Crippen molar-refractivity contribution in [3.63, 3.8) is 0 Å². The topological polar surface area (TPSA) is 188 Å². The fraction of sp³-hybridized carbons (Fsp3) is 0.211. The Hall–Kier alpha value is -2.84. The Labute approximate surface area is 213 Å². The van der Waals surface area contributed by atoms with Crippen molar-refractivity contribution >= 4 is 45.0 Å². The fourth-order valence-electron chi connectivity index (χ4n) is 2.79. The van der Waals surface area contributed by atoms with Crippen LogP contribution in [-0.4, -0.2) is 47.6 Å². The molecule has 33 heavy (non-hydrogen) atoms. The van der Waals surface area contributed by atoms with E-state index in [2.05, 4.69) is 35.4 Å². The number of hydrogen-bond acceptors (Lipinski definition) is 12. The first kappa shape index (κ1) is 26.4. The van der Waals surface area contributed by atoms with Gasteiger partial charge in [-0.05, 0) is 55.5 Å². The molecule has 3 aromatic rings. The summed E-state index contributed by atoms with van der Waals surface area (Å²) in [6.07, 6.45) is 0. The summed E-state index contributed by atoms with van der Waals surface area (Å²) in [5.41, 5.74) is 13.2. The zero-order valence-electron chi connectivity index (χ0n) is 18.2. The number of azo groups is 1. The average Bonchev–Trinajstić information content (AvgIpc) is 2.75. The molecule has 0 aliphatic rings. The number of hydrogen-bond donors (Lipinski definition) is 3. The van der Waals surface area contributed by atoms with E-state index in [1.165, 1.54) is 24.3 Å². The summed E-state index contributed by atoms with van der Waals surface area (Å²) in [5.74, 6) is 0.440. The van der Waals surface area contributed by atoms with Gasteiger partial charge in [-0.2, -0.15) is 25.2 Å². The Morgan fingerprint density at radius 1 is 0.939 bits per heavy atom. The largest absolute Gasteiger partial charge is 1.00 e. The van der Waals surface area contributed by atoms with Gasteiger partial charge in [0.25, 0.3) is 0 Å². The van der Waals surface area contributed by atoms with E-state index in [9.17, 15) is 13.0 Å². The van der Waals surface area contributed by atoms with Crippen LogP contribution in [0.1, 0.15) is 6.92 Å². The maximum absolute atomic E-state index is 11.0. The third-order valence-electron chi connectivity index (χ3n) is 4.34. The van der Waals surface area contributed by atoms with Crippen LogP contribution in [0.2, 0.25) is 0 Å². The van der Waals surface area contributed by atoms with Gasteiger partial charge in [-0.1, -0.05) is 0 Å². The number of nitrogens with two attached hydrogens (primary N) is 2. The molecular formula is C19H22N9NaO3S. The van der Waals surface area contributed by atoms with Crippen LogP contribution >= 0.6 is 0 Å². The zero-order chi connectivity index (χ0) is 23.1. The van der Waals surface area contributed by atoms with Gasteiger partial charge in [0.2, 0.25) is 17.8 Å². The summed E-state index contributed by atoms with van der Waals surface area (Å²) >= 11 is 0. The maximum Gasteiger partial charge on any atom is 1.00 e. The molecule has 0 aliphatic heterocycles. The van der Waals surface area contributed by atoms with Gasteiger partial charge in [-0.25, -0.2) is 8.42 Å². The molecule has 5 N–H and O–H groups in total. The van der Waals surface area contributed by atoms with Crippen LogP contribution in [0.3, 0.4) is 0 Å². The van der Waals surface area contributed by atoms with E-state index < -0.39 is 10.1 Å². The van der Waals surface area contributed by atoms with Crippen molar-refractivity contribution in [2.45, 2.75) is 11.8 Å². The summed E-state index contributed by atoms with van der Waals surface area (Å²) in [6, 6.07) is 12.7. The number of rotatable bonds is 9. The second kappa shape index (κ2) is 11.9. The van der Waals surface area contributed by atoms with Crippen LogP contribution in [0, 0.1) is 0 Å². The molecule has 168 valence electrons. The molecule has 14 heteroatoms. The number of likely N-dealkylation sites (N-methyl/N-ethyl adjacent to an activating group) is 1. The number of nitrogens with zero attached hydrogens (tertiary/aromatic N) is 6. The zero-order valence-corrected chi connectivity index (χ0v) is 21.0. The van der Waals surface area contributed by atoms with Gasteiger partial charge in [0.15, 0.2) is 0 Å². The molecule has 1 heterocycles. The summed E-state index contributed by atoms with van der Waals surface area (Å²) < 4.78 is 32.9. The van der Waals surface area contributed by atoms with Gasteiger partial charge >= 0.3 is 29.6 Å². The molecule has 0 radical (unpaired) electrons. The molecule has 2 aromatic carbocycles. The molecule has 1 aromatic heterocycles. The van der Waals surface area contributed by atoms with Gasteiger partial charge in [0, 0.05) is 25.3 Å². The Morgan fingerprint density at radius 2 is 1.45 bits per heavy atom. The summed E-state index contributed by atoms with van der Waals surface area (Å²) in [5, 5.41) is 11.3. The van der Waals surface area contributed by atoms with E-state index in [0.29, 0.717) is 30.4 Å². The summed E-state index contributed by atoms with van der Waals surface area (Å²) in [4.78, 5) is 13.5. The minimum absolute atomic E-state index is 0. The summed E-state index contributed by atoms with van der Waals surface area (Å²) in [7, 11) is -4.48.